The third-order valence-corrected chi connectivity index (χ3v) is 11.3. The van der Waals surface area contributed by atoms with Gasteiger partial charge in [-0.2, -0.15) is 9.61 Å². The van der Waals surface area contributed by atoms with E-state index in [1.54, 1.807) is 10.7 Å². The second-order valence-electron chi connectivity index (χ2n) is 12.0. The lowest BCUT2D eigenvalue weighted by atomic mass is 10.3. The van der Waals surface area contributed by atoms with E-state index in [0.717, 1.165) is 23.7 Å². The van der Waals surface area contributed by atoms with E-state index < -0.39 is 26.0 Å². The lowest BCUT2D eigenvalue weighted by Crippen LogP contribution is -2.47. The summed E-state index contributed by atoms with van der Waals surface area (Å²) in [6.45, 7) is 18.6. The van der Waals surface area contributed by atoms with Gasteiger partial charge in [-0.05, 0) is 19.0 Å². The fraction of sp³-hybridized carbons (Fsp3) is 0.739. The van der Waals surface area contributed by atoms with Gasteiger partial charge < -0.3 is 19.3 Å². The first-order valence-corrected chi connectivity index (χ1v) is 21.7. The molecule has 9 nitrogen and oxygen atoms in total. The van der Waals surface area contributed by atoms with Gasteiger partial charge in [0.15, 0.2) is 15.5 Å². The second-order valence-corrected chi connectivity index (χ2v) is 25.4. The van der Waals surface area contributed by atoms with Crippen LogP contribution in [0.25, 0.3) is 5.65 Å². The van der Waals surface area contributed by atoms with Gasteiger partial charge in [0.2, 0.25) is 0 Å². The number of hydrogen-bond donors (Lipinski definition) is 0. The first kappa shape index (κ1) is 28.1. The molecule has 1 fully saturated rings. The molecule has 1 unspecified atom stereocenters. The quantitative estimate of drug-likeness (QED) is 0.228. The smallest absolute Gasteiger partial charge is 0.159 e. The van der Waals surface area contributed by atoms with Gasteiger partial charge in [-0.25, -0.2) is 13.4 Å². The minimum absolute atomic E-state index is 0.137. The average molecular weight is 542 g/mol. The van der Waals surface area contributed by atoms with Gasteiger partial charge in [0.1, 0.15) is 25.1 Å². The van der Waals surface area contributed by atoms with Crippen molar-refractivity contribution < 1.29 is 17.9 Å². The molecule has 0 N–H and O–H groups in total. The van der Waals surface area contributed by atoms with Crippen LogP contribution in [0.3, 0.4) is 0 Å². The van der Waals surface area contributed by atoms with E-state index in [2.05, 4.69) is 54.2 Å². The number of ether oxygens (including phenoxy) is 2. The van der Waals surface area contributed by atoms with E-state index in [1.165, 1.54) is 0 Å². The summed E-state index contributed by atoms with van der Waals surface area (Å²) < 4.78 is 38.3. The lowest BCUT2D eigenvalue weighted by Gasteiger charge is -2.35. The predicted molar refractivity (Wildman–Crippen MR) is 149 cm³/mol. The highest BCUT2D eigenvalue weighted by Gasteiger charge is 2.30. The highest BCUT2D eigenvalue weighted by Crippen LogP contribution is 2.26. The van der Waals surface area contributed by atoms with Crippen molar-refractivity contribution in [1.82, 2.24) is 14.6 Å². The highest BCUT2D eigenvalue weighted by atomic mass is 32.2. The first-order valence-electron chi connectivity index (χ1n) is 12.5. The standard InChI is InChI=1S/C23H43N5O4SSi2/c1-20-17-33(29,30)13-10-27(20)22-16-23(28-21(25-22)8-9-24-28)26(18-31-11-14-34(2,3)4)19-32-12-15-35(5,6)7/h8-9,16,20H,10-15,17-19H2,1-7H3. The molecular formula is C23H43N5O4SSi2. The van der Waals surface area contributed by atoms with Crippen LogP contribution in [0.5, 0.6) is 0 Å². The zero-order chi connectivity index (χ0) is 25.9. The lowest BCUT2D eigenvalue weighted by molar-refractivity contribution is 0.0942. The molecule has 0 amide bonds. The van der Waals surface area contributed by atoms with Gasteiger partial charge in [-0.3, -0.25) is 0 Å². The summed E-state index contributed by atoms with van der Waals surface area (Å²) in [5.41, 5.74) is 0.715. The molecule has 2 aromatic heterocycles. The number of aromatic nitrogens is 3. The van der Waals surface area contributed by atoms with Crippen LogP contribution in [0, 0.1) is 0 Å². The minimum atomic E-state index is -3.02. The maximum atomic E-state index is 12.1. The maximum absolute atomic E-state index is 12.1. The van der Waals surface area contributed by atoms with Crippen molar-refractivity contribution in [2.75, 3.05) is 54.5 Å². The molecule has 0 spiro atoms. The van der Waals surface area contributed by atoms with Crippen LogP contribution in [-0.4, -0.2) is 89.9 Å². The fourth-order valence-corrected chi connectivity index (χ4v) is 6.94. The Balaban J connectivity index is 1.85. The Morgan fingerprint density at radius 3 is 2.20 bits per heavy atom. The second kappa shape index (κ2) is 11.3. The molecule has 1 saturated heterocycles. The van der Waals surface area contributed by atoms with E-state index in [0.29, 0.717) is 38.9 Å². The summed E-state index contributed by atoms with van der Waals surface area (Å²) in [6.07, 6.45) is 1.73. The van der Waals surface area contributed by atoms with E-state index in [9.17, 15) is 8.42 Å². The van der Waals surface area contributed by atoms with Crippen molar-refractivity contribution in [2.24, 2.45) is 0 Å². The number of sulfone groups is 1. The van der Waals surface area contributed by atoms with Crippen LogP contribution in [0.15, 0.2) is 18.3 Å². The van der Waals surface area contributed by atoms with Gasteiger partial charge in [0, 0.05) is 54.1 Å². The number of nitrogens with zero attached hydrogens (tertiary/aromatic N) is 5. The largest absolute Gasteiger partial charge is 0.361 e. The SMILES string of the molecule is CC1CS(=O)(=O)CCN1c1cc(N(COCC[Si](C)(C)C)COCC[Si](C)(C)C)n2nccc2n1. The molecule has 0 saturated carbocycles. The van der Waals surface area contributed by atoms with Gasteiger partial charge in [-0.15, -0.1) is 0 Å². The molecule has 12 heteroatoms. The highest BCUT2D eigenvalue weighted by molar-refractivity contribution is 7.91. The Labute approximate surface area is 212 Å². The zero-order valence-electron chi connectivity index (χ0n) is 22.5. The van der Waals surface area contributed by atoms with Crippen molar-refractivity contribution in [3.05, 3.63) is 18.3 Å². The van der Waals surface area contributed by atoms with E-state index in [1.807, 2.05) is 19.1 Å². The summed E-state index contributed by atoms with van der Waals surface area (Å²) >= 11 is 0. The molecule has 0 radical (unpaired) electrons. The maximum Gasteiger partial charge on any atom is 0.159 e. The van der Waals surface area contributed by atoms with E-state index in [4.69, 9.17) is 14.5 Å². The van der Waals surface area contributed by atoms with Crippen LogP contribution in [0.2, 0.25) is 51.4 Å². The third kappa shape index (κ3) is 8.55. The molecule has 1 aliphatic rings. The topological polar surface area (TPSA) is 89.3 Å². The van der Waals surface area contributed by atoms with Gasteiger partial charge >= 0.3 is 0 Å². The number of rotatable bonds is 12. The molecule has 198 valence electrons. The molecule has 0 aliphatic carbocycles. The number of anilines is 2. The average Bonchev–Trinajstić information content (AvgIpc) is 3.18. The molecule has 35 heavy (non-hydrogen) atoms. The van der Waals surface area contributed by atoms with Crippen molar-refractivity contribution in [3.63, 3.8) is 0 Å². The molecular weight excluding hydrogens is 499 g/mol. The van der Waals surface area contributed by atoms with Gasteiger partial charge in [0.25, 0.3) is 0 Å². The van der Waals surface area contributed by atoms with Crippen molar-refractivity contribution in [1.29, 1.82) is 0 Å². The molecule has 1 atom stereocenters. The Kier molecular flexibility index (Phi) is 9.06. The van der Waals surface area contributed by atoms with Crippen LogP contribution < -0.4 is 9.80 Å². The fourth-order valence-electron chi connectivity index (χ4n) is 3.87. The number of hydrogen-bond acceptors (Lipinski definition) is 8. The molecule has 0 aromatic carbocycles. The number of fused-ring (bicyclic) bond motifs is 1. The third-order valence-electron chi connectivity index (χ3n) is 6.10. The van der Waals surface area contributed by atoms with Gasteiger partial charge in [0.05, 0.1) is 17.7 Å². The summed E-state index contributed by atoms with van der Waals surface area (Å²) in [7, 11) is -5.41. The van der Waals surface area contributed by atoms with Crippen LogP contribution in [0.4, 0.5) is 11.6 Å². The normalized spacial score (nSPS) is 18.8. The Bertz CT molecular complexity index is 1060. The van der Waals surface area contributed by atoms with Crippen molar-refractivity contribution >= 4 is 43.3 Å². The summed E-state index contributed by atoms with van der Waals surface area (Å²) in [6, 6.07) is 5.90. The summed E-state index contributed by atoms with van der Waals surface area (Å²) in [5, 5.41) is 4.50. The van der Waals surface area contributed by atoms with Crippen LogP contribution in [-0.2, 0) is 19.3 Å². The monoisotopic (exact) mass is 541 g/mol. The zero-order valence-corrected chi connectivity index (χ0v) is 25.3. The first-order chi connectivity index (χ1) is 16.2. The molecule has 1 aliphatic heterocycles. The minimum Gasteiger partial charge on any atom is -0.361 e. The summed E-state index contributed by atoms with van der Waals surface area (Å²) in [5.74, 6) is 1.86. The molecule has 3 heterocycles. The Hall–Kier alpha value is -1.48. The van der Waals surface area contributed by atoms with Gasteiger partial charge in [-0.1, -0.05) is 39.3 Å². The molecule has 0 bridgehead atoms. The summed E-state index contributed by atoms with van der Waals surface area (Å²) in [4.78, 5) is 8.93. The predicted octanol–water partition coefficient (Wildman–Crippen LogP) is 3.78. The van der Waals surface area contributed by atoms with Crippen LogP contribution in [0.1, 0.15) is 6.92 Å². The molecule has 3 rings (SSSR count). The Morgan fingerprint density at radius 1 is 1.06 bits per heavy atom. The molecule has 2 aromatic rings. The van der Waals surface area contributed by atoms with Crippen molar-refractivity contribution in [2.45, 2.75) is 64.3 Å². The van der Waals surface area contributed by atoms with E-state index in [-0.39, 0.29) is 17.5 Å². The Morgan fingerprint density at radius 2 is 1.66 bits per heavy atom. The van der Waals surface area contributed by atoms with Crippen molar-refractivity contribution in [3.8, 4) is 0 Å². The van der Waals surface area contributed by atoms with Crippen LogP contribution >= 0.6 is 0 Å². The van der Waals surface area contributed by atoms with E-state index >= 15 is 0 Å².